The molecule has 0 radical (unpaired) electrons. The summed E-state index contributed by atoms with van der Waals surface area (Å²) in [6.45, 7) is 0.119. The zero-order chi connectivity index (χ0) is 23.6. The summed E-state index contributed by atoms with van der Waals surface area (Å²) >= 11 is 0. The number of nitrogens with zero attached hydrogens (tertiary/aromatic N) is 3. The summed E-state index contributed by atoms with van der Waals surface area (Å²) in [5.41, 5.74) is 0.414. The molecule has 4 rings (SSSR count). The zero-order valence-electron chi connectivity index (χ0n) is 17.4. The Bertz CT molecular complexity index is 1120. The van der Waals surface area contributed by atoms with Gasteiger partial charge in [0.15, 0.2) is 0 Å². The first-order chi connectivity index (χ1) is 15.6. The maximum atomic E-state index is 13.7. The van der Waals surface area contributed by atoms with E-state index in [1.807, 2.05) is 0 Å². The molecule has 182 valence electrons. The number of benzene rings is 1. The van der Waals surface area contributed by atoms with Crippen LogP contribution >= 0.6 is 0 Å². The van der Waals surface area contributed by atoms with E-state index in [2.05, 4.69) is 15.3 Å². The highest BCUT2D eigenvalue weighted by molar-refractivity contribution is 6.06. The van der Waals surface area contributed by atoms with E-state index in [1.165, 1.54) is 6.07 Å². The van der Waals surface area contributed by atoms with E-state index in [9.17, 15) is 26.7 Å². The van der Waals surface area contributed by atoms with Crippen LogP contribution in [0.25, 0.3) is 10.9 Å². The predicted molar refractivity (Wildman–Crippen MR) is 119 cm³/mol. The molecule has 1 N–H and O–H groups in total. The second kappa shape index (κ2) is 10.0. The molecule has 5 nitrogen and oxygen atoms in total. The average Bonchev–Trinajstić information content (AvgIpc) is 2.79. The number of halogens is 5. The van der Waals surface area contributed by atoms with Crippen molar-refractivity contribution in [1.82, 2.24) is 20.2 Å². The van der Waals surface area contributed by atoms with E-state index in [0.717, 1.165) is 12.3 Å². The Hall–Kier alpha value is -3.14. The molecule has 1 aliphatic heterocycles. The molecule has 3 aromatic rings. The number of carbonyl (C=O) groups excluding carboxylic acids is 1. The monoisotopic (exact) mass is 480 g/mol. The van der Waals surface area contributed by atoms with Gasteiger partial charge in [-0.05, 0) is 29.8 Å². The SMILES string of the molecule is C.O=C(NCC(c1ccc(C(F)(F)F)nc1)N1CCC(F)(F)CC1)c1cccc2ncccc12. The molecule has 1 aromatic carbocycles. The van der Waals surface area contributed by atoms with Crippen LogP contribution in [0.4, 0.5) is 22.0 Å². The number of amides is 1. The van der Waals surface area contributed by atoms with Crippen molar-refractivity contribution in [2.75, 3.05) is 19.6 Å². The molecule has 0 spiro atoms. The van der Waals surface area contributed by atoms with Gasteiger partial charge >= 0.3 is 6.18 Å². The Morgan fingerprint density at radius 3 is 2.44 bits per heavy atom. The van der Waals surface area contributed by atoms with Gasteiger partial charge in [-0.1, -0.05) is 25.6 Å². The molecule has 1 atom stereocenters. The van der Waals surface area contributed by atoms with E-state index in [-0.39, 0.29) is 45.8 Å². The van der Waals surface area contributed by atoms with Crippen LogP contribution in [0.15, 0.2) is 54.9 Å². The predicted octanol–water partition coefficient (Wildman–Crippen LogP) is 5.49. The second-order valence-corrected chi connectivity index (χ2v) is 7.97. The third-order valence-electron chi connectivity index (χ3n) is 5.78. The highest BCUT2D eigenvalue weighted by Gasteiger charge is 2.37. The van der Waals surface area contributed by atoms with Gasteiger partial charge in [0.05, 0.1) is 11.6 Å². The van der Waals surface area contributed by atoms with Crippen molar-refractivity contribution < 1.29 is 26.7 Å². The minimum Gasteiger partial charge on any atom is -0.350 e. The molecule has 1 saturated heterocycles. The summed E-state index contributed by atoms with van der Waals surface area (Å²) in [6, 6.07) is 10.1. The Morgan fingerprint density at radius 1 is 1.06 bits per heavy atom. The van der Waals surface area contributed by atoms with Crippen LogP contribution in [-0.4, -0.2) is 46.3 Å². The van der Waals surface area contributed by atoms with E-state index in [0.29, 0.717) is 22.0 Å². The third-order valence-corrected chi connectivity index (χ3v) is 5.78. The summed E-state index contributed by atoms with van der Waals surface area (Å²) in [6.07, 6.45) is -2.60. The van der Waals surface area contributed by atoms with Gasteiger partial charge in [0.2, 0.25) is 0 Å². The summed E-state index contributed by atoms with van der Waals surface area (Å²) in [7, 11) is 0. The number of nitrogens with one attached hydrogen (secondary N) is 1. The van der Waals surface area contributed by atoms with Crippen LogP contribution in [0.1, 0.15) is 47.9 Å². The highest BCUT2D eigenvalue weighted by atomic mass is 19.4. The first-order valence-electron chi connectivity index (χ1n) is 10.4. The van der Waals surface area contributed by atoms with Crippen LogP contribution in [0, 0.1) is 0 Å². The summed E-state index contributed by atoms with van der Waals surface area (Å²) in [5.74, 6) is -3.17. The number of hydrogen-bond acceptors (Lipinski definition) is 4. The Labute approximate surface area is 194 Å². The molecule has 0 aliphatic carbocycles. The molecular formula is C24H25F5N4O. The van der Waals surface area contributed by atoms with Gasteiger partial charge in [-0.2, -0.15) is 13.2 Å². The number of pyridine rings is 2. The lowest BCUT2D eigenvalue weighted by Gasteiger charge is -2.37. The summed E-state index contributed by atoms with van der Waals surface area (Å²) in [5, 5.41) is 3.46. The van der Waals surface area contributed by atoms with Gasteiger partial charge in [0, 0.05) is 55.8 Å². The van der Waals surface area contributed by atoms with Gasteiger partial charge in [-0.3, -0.25) is 19.7 Å². The largest absolute Gasteiger partial charge is 0.433 e. The molecule has 0 bridgehead atoms. The van der Waals surface area contributed by atoms with Crippen molar-refractivity contribution >= 4 is 16.8 Å². The molecule has 1 amide bonds. The smallest absolute Gasteiger partial charge is 0.350 e. The van der Waals surface area contributed by atoms with Gasteiger partial charge in [0.25, 0.3) is 11.8 Å². The number of rotatable bonds is 5. The Kier molecular flexibility index (Phi) is 7.50. The van der Waals surface area contributed by atoms with Gasteiger partial charge in [-0.25, -0.2) is 8.78 Å². The molecule has 1 unspecified atom stereocenters. The van der Waals surface area contributed by atoms with Crippen LogP contribution in [-0.2, 0) is 6.18 Å². The van der Waals surface area contributed by atoms with Gasteiger partial charge < -0.3 is 5.32 Å². The van der Waals surface area contributed by atoms with Crippen molar-refractivity contribution in [3.05, 3.63) is 71.7 Å². The van der Waals surface area contributed by atoms with Crippen molar-refractivity contribution in [2.45, 2.75) is 38.4 Å². The number of aromatic nitrogens is 2. The van der Waals surface area contributed by atoms with E-state index in [4.69, 9.17) is 0 Å². The standard InChI is InChI=1S/C23H21F5N4O.CH4/c24-22(25)8-11-32(12-9-22)19(15-6-7-20(30-13-15)23(26,27)28)14-31-21(33)17-3-1-5-18-16(17)4-2-10-29-18;/h1-7,10,13,19H,8-9,11-12,14H2,(H,31,33);1H4. The molecule has 1 fully saturated rings. The molecule has 1 aliphatic rings. The Balaban J connectivity index is 0.00000324. The second-order valence-electron chi connectivity index (χ2n) is 7.97. The summed E-state index contributed by atoms with van der Waals surface area (Å²) < 4.78 is 66.1. The van der Waals surface area contributed by atoms with Crippen LogP contribution in [0.3, 0.4) is 0 Å². The van der Waals surface area contributed by atoms with E-state index >= 15 is 0 Å². The van der Waals surface area contributed by atoms with Crippen molar-refractivity contribution in [3.63, 3.8) is 0 Å². The number of hydrogen-bond donors (Lipinski definition) is 1. The minimum atomic E-state index is -4.59. The van der Waals surface area contributed by atoms with Crippen molar-refractivity contribution in [2.24, 2.45) is 0 Å². The third kappa shape index (κ3) is 5.67. The molecular weight excluding hydrogens is 455 g/mol. The fourth-order valence-corrected chi connectivity index (χ4v) is 3.98. The lowest BCUT2D eigenvalue weighted by molar-refractivity contribution is -0.141. The topological polar surface area (TPSA) is 58.1 Å². The van der Waals surface area contributed by atoms with Gasteiger partial charge in [-0.15, -0.1) is 0 Å². The molecule has 10 heteroatoms. The van der Waals surface area contributed by atoms with Crippen molar-refractivity contribution in [1.29, 1.82) is 0 Å². The number of likely N-dealkylation sites (tertiary alicyclic amines) is 1. The minimum absolute atomic E-state index is 0. The molecule has 0 saturated carbocycles. The fourth-order valence-electron chi connectivity index (χ4n) is 3.98. The van der Waals surface area contributed by atoms with Crippen LogP contribution < -0.4 is 5.32 Å². The first-order valence-corrected chi connectivity index (χ1v) is 10.4. The highest BCUT2D eigenvalue weighted by Crippen LogP contribution is 2.33. The summed E-state index contributed by atoms with van der Waals surface area (Å²) in [4.78, 5) is 22.4. The molecule has 34 heavy (non-hydrogen) atoms. The molecule has 2 aromatic heterocycles. The van der Waals surface area contributed by atoms with Crippen LogP contribution in [0.5, 0.6) is 0 Å². The maximum Gasteiger partial charge on any atom is 0.433 e. The van der Waals surface area contributed by atoms with Crippen molar-refractivity contribution in [3.8, 4) is 0 Å². The lowest BCUT2D eigenvalue weighted by atomic mass is 10.0. The zero-order valence-corrected chi connectivity index (χ0v) is 17.4. The fraction of sp³-hybridized carbons (Fsp3) is 0.375. The quantitative estimate of drug-likeness (QED) is 0.491. The maximum absolute atomic E-state index is 13.7. The number of piperidine rings is 1. The molecule has 3 heterocycles. The Morgan fingerprint density at radius 2 is 1.79 bits per heavy atom. The number of fused-ring (bicyclic) bond motifs is 1. The number of carbonyl (C=O) groups is 1. The normalized spacial score (nSPS) is 17.1. The van der Waals surface area contributed by atoms with E-state index < -0.39 is 23.8 Å². The van der Waals surface area contributed by atoms with E-state index in [1.54, 1.807) is 41.4 Å². The number of alkyl halides is 5. The lowest BCUT2D eigenvalue weighted by Crippen LogP contribution is -2.45. The average molecular weight is 480 g/mol. The first kappa shape index (κ1) is 25.5. The van der Waals surface area contributed by atoms with Crippen LogP contribution in [0.2, 0.25) is 0 Å². The van der Waals surface area contributed by atoms with Gasteiger partial charge in [0.1, 0.15) is 5.69 Å².